The van der Waals surface area contributed by atoms with E-state index < -0.39 is 41.7 Å². The average Bonchev–Trinajstić information content (AvgIpc) is 3.16. The van der Waals surface area contributed by atoms with Gasteiger partial charge in [-0.1, -0.05) is 30.3 Å². The molecule has 2 aliphatic heterocycles. The van der Waals surface area contributed by atoms with Gasteiger partial charge in [0.2, 0.25) is 5.67 Å². The van der Waals surface area contributed by atoms with Crippen LogP contribution >= 0.6 is 0 Å². The van der Waals surface area contributed by atoms with Crippen LogP contribution in [-0.4, -0.2) is 64.9 Å². The second-order valence-electron chi connectivity index (χ2n) is 7.48. The summed E-state index contributed by atoms with van der Waals surface area (Å²) in [6, 6.07) is 8.57. The summed E-state index contributed by atoms with van der Waals surface area (Å²) in [5.41, 5.74) is -1.86. The standard InChI is InChI=1S/C19H24FNO6/c1-18(2)26-11-14(27-18)15(22)19(3,20)16(23)21-13(10-25-17(21)24)9-12-7-5-4-6-8-12/h4-8,13-15,22H,9-11H2,1-3H3/t13?,14?,15-,19-/m1/s1. The number of halogens is 1. The number of rotatable bonds is 5. The number of benzene rings is 1. The molecule has 27 heavy (non-hydrogen) atoms. The van der Waals surface area contributed by atoms with Crippen molar-refractivity contribution >= 4 is 12.0 Å². The van der Waals surface area contributed by atoms with Crippen LogP contribution in [0.3, 0.4) is 0 Å². The smallest absolute Gasteiger partial charge is 0.417 e. The summed E-state index contributed by atoms with van der Waals surface area (Å²) in [6.45, 7) is 4.12. The van der Waals surface area contributed by atoms with Gasteiger partial charge in [0.25, 0.3) is 5.91 Å². The first kappa shape index (κ1) is 19.7. The molecule has 7 nitrogen and oxygen atoms in total. The first-order valence-electron chi connectivity index (χ1n) is 8.85. The molecule has 2 heterocycles. The number of hydrogen-bond donors (Lipinski definition) is 1. The second-order valence-corrected chi connectivity index (χ2v) is 7.48. The minimum Gasteiger partial charge on any atom is -0.447 e. The van der Waals surface area contributed by atoms with Crippen molar-refractivity contribution in [2.75, 3.05) is 13.2 Å². The quantitative estimate of drug-likeness (QED) is 0.837. The van der Waals surface area contributed by atoms with Crippen LogP contribution in [0.15, 0.2) is 30.3 Å². The number of ether oxygens (including phenoxy) is 3. The van der Waals surface area contributed by atoms with Crippen molar-refractivity contribution in [3.63, 3.8) is 0 Å². The Morgan fingerprint density at radius 1 is 1.37 bits per heavy atom. The van der Waals surface area contributed by atoms with Crippen molar-refractivity contribution in [3.05, 3.63) is 35.9 Å². The Morgan fingerprint density at radius 2 is 2.04 bits per heavy atom. The van der Waals surface area contributed by atoms with Crippen LogP contribution in [0.5, 0.6) is 0 Å². The van der Waals surface area contributed by atoms with Crippen molar-refractivity contribution in [1.82, 2.24) is 4.90 Å². The van der Waals surface area contributed by atoms with E-state index in [4.69, 9.17) is 14.2 Å². The van der Waals surface area contributed by atoms with Gasteiger partial charge in [0, 0.05) is 0 Å². The van der Waals surface area contributed by atoms with Gasteiger partial charge in [0.05, 0.1) is 12.6 Å². The van der Waals surface area contributed by atoms with Crippen molar-refractivity contribution in [3.8, 4) is 0 Å². The van der Waals surface area contributed by atoms with E-state index in [2.05, 4.69) is 0 Å². The lowest BCUT2D eigenvalue weighted by molar-refractivity contribution is -0.174. The number of cyclic esters (lactones) is 1. The molecule has 8 heteroatoms. The van der Waals surface area contributed by atoms with Crippen LogP contribution in [0.4, 0.5) is 9.18 Å². The fourth-order valence-electron chi connectivity index (χ4n) is 3.33. The summed E-state index contributed by atoms with van der Waals surface area (Å²) >= 11 is 0. The molecule has 0 aromatic heterocycles. The number of aliphatic hydroxyl groups excluding tert-OH is 1. The maximum Gasteiger partial charge on any atom is 0.417 e. The number of alkyl halides is 1. The molecule has 148 valence electrons. The first-order chi connectivity index (χ1) is 12.6. The molecule has 1 aromatic carbocycles. The van der Waals surface area contributed by atoms with Crippen LogP contribution in [0.25, 0.3) is 0 Å². The number of imide groups is 1. The van der Waals surface area contributed by atoms with Crippen LogP contribution in [0.2, 0.25) is 0 Å². The Balaban J connectivity index is 1.76. The van der Waals surface area contributed by atoms with Crippen LogP contribution in [-0.2, 0) is 25.4 Å². The van der Waals surface area contributed by atoms with Gasteiger partial charge in [-0.15, -0.1) is 0 Å². The summed E-state index contributed by atoms with van der Waals surface area (Å²) in [7, 11) is 0. The fraction of sp³-hybridized carbons (Fsp3) is 0.579. The van der Waals surface area contributed by atoms with Gasteiger partial charge in [-0.3, -0.25) is 4.79 Å². The minimum atomic E-state index is -2.74. The summed E-state index contributed by atoms with van der Waals surface area (Å²) in [4.78, 5) is 25.7. The number of hydrogen-bond acceptors (Lipinski definition) is 6. The third-order valence-corrected chi connectivity index (χ3v) is 4.85. The predicted octanol–water partition coefficient (Wildman–Crippen LogP) is 1.82. The molecule has 0 saturated carbocycles. The average molecular weight is 381 g/mol. The molecule has 2 fully saturated rings. The van der Waals surface area contributed by atoms with Gasteiger partial charge >= 0.3 is 6.09 Å². The summed E-state index contributed by atoms with van der Waals surface area (Å²) in [6.07, 6.45) is -3.40. The highest BCUT2D eigenvalue weighted by atomic mass is 19.1. The van der Waals surface area contributed by atoms with E-state index in [1.807, 2.05) is 30.3 Å². The van der Waals surface area contributed by atoms with E-state index in [1.165, 1.54) is 0 Å². The molecule has 0 spiro atoms. The second kappa shape index (κ2) is 7.18. The van der Waals surface area contributed by atoms with E-state index in [0.29, 0.717) is 6.42 Å². The maximum atomic E-state index is 15.3. The van der Waals surface area contributed by atoms with Crippen molar-refractivity contribution < 1.29 is 33.3 Å². The molecule has 2 unspecified atom stereocenters. The Kier molecular flexibility index (Phi) is 5.24. The molecule has 2 amide bonds. The first-order valence-corrected chi connectivity index (χ1v) is 8.85. The van der Waals surface area contributed by atoms with E-state index in [9.17, 15) is 14.7 Å². The monoisotopic (exact) mass is 381 g/mol. The van der Waals surface area contributed by atoms with Crippen molar-refractivity contribution in [2.45, 2.75) is 56.9 Å². The predicted molar refractivity (Wildman–Crippen MR) is 92.6 cm³/mol. The van der Waals surface area contributed by atoms with Gasteiger partial charge in [-0.05, 0) is 32.8 Å². The van der Waals surface area contributed by atoms with Crippen molar-refractivity contribution in [2.24, 2.45) is 0 Å². The number of amides is 2. The normalized spacial score (nSPS) is 27.9. The van der Waals surface area contributed by atoms with Gasteiger partial charge in [-0.2, -0.15) is 0 Å². The van der Waals surface area contributed by atoms with Crippen LogP contribution in [0, 0.1) is 0 Å². The maximum absolute atomic E-state index is 15.3. The molecule has 2 aliphatic rings. The van der Waals surface area contributed by atoms with Gasteiger partial charge in [0.15, 0.2) is 5.79 Å². The third-order valence-electron chi connectivity index (χ3n) is 4.85. The zero-order valence-electron chi connectivity index (χ0n) is 15.6. The Labute approximate surface area is 157 Å². The molecule has 0 aliphatic carbocycles. The summed E-state index contributed by atoms with van der Waals surface area (Å²) < 4.78 is 31.1. The molecule has 0 radical (unpaired) electrons. The number of carbonyl (C=O) groups is 2. The molecule has 3 rings (SSSR count). The zero-order chi connectivity index (χ0) is 19.8. The Morgan fingerprint density at radius 3 is 2.63 bits per heavy atom. The minimum absolute atomic E-state index is 0.0261. The molecule has 1 N–H and O–H groups in total. The highest BCUT2D eigenvalue weighted by Crippen LogP contribution is 2.32. The lowest BCUT2D eigenvalue weighted by Crippen LogP contribution is -2.57. The topological polar surface area (TPSA) is 85.3 Å². The van der Waals surface area contributed by atoms with Crippen LogP contribution in [0.1, 0.15) is 26.3 Å². The molecular weight excluding hydrogens is 357 g/mol. The van der Waals surface area contributed by atoms with Gasteiger partial charge in [-0.25, -0.2) is 14.1 Å². The lowest BCUT2D eigenvalue weighted by atomic mass is 9.94. The van der Waals surface area contributed by atoms with E-state index in [0.717, 1.165) is 17.4 Å². The van der Waals surface area contributed by atoms with Crippen LogP contribution < -0.4 is 0 Å². The number of carbonyl (C=O) groups excluding carboxylic acids is 2. The fourth-order valence-corrected chi connectivity index (χ4v) is 3.33. The largest absolute Gasteiger partial charge is 0.447 e. The zero-order valence-corrected chi connectivity index (χ0v) is 15.6. The molecule has 2 saturated heterocycles. The van der Waals surface area contributed by atoms with E-state index >= 15 is 4.39 Å². The van der Waals surface area contributed by atoms with Gasteiger partial charge in [0.1, 0.15) is 18.8 Å². The van der Waals surface area contributed by atoms with E-state index in [-0.39, 0.29) is 13.2 Å². The number of aliphatic hydroxyl groups is 1. The molecule has 0 bridgehead atoms. The Bertz CT molecular complexity index is 707. The van der Waals surface area contributed by atoms with Crippen molar-refractivity contribution in [1.29, 1.82) is 0 Å². The third kappa shape index (κ3) is 3.97. The lowest BCUT2D eigenvalue weighted by Gasteiger charge is -2.32. The van der Waals surface area contributed by atoms with E-state index in [1.54, 1.807) is 13.8 Å². The van der Waals surface area contributed by atoms with Gasteiger partial charge < -0.3 is 19.3 Å². The molecule has 1 aromatic rings. The SMILES string of the molecule is CC1(C)OCC([C@@H](O)[C@@](C)(F)C(=O)N2C(=O)OCC2Cc2ccccc2)O1. The summed E-state index contributed by atoms with van der Waals surface area (Å²) in [5.74, 6) is -2.13. The summed E-state index contributed by atoms with van der Waals surface area (Å²) in [5, 5.41) is 10.4. The number of nitrogens with zero attached hydrogens (tertiary/aromatic N) is 1. The highest BCUT2D eigenvalue weighted by molar-refractivity contribution is 5.98. The molecule has 4 atom stereocenters. The Hall–Kier alpha value is -2.03. The highest BCUT2D eigenvalue weighted by Gasteiger charge is 2.54. The molecular formula is C19H24FNO6.